The number of hydrogen-bond donors (Lipinski definition) is 1. The number of fused-ring (bicyclic) bond motifs is 1. The Balaban J connectivity index is 1.48. The number of carbonyl (C=O) groups is 4. The Morgan fingerprint density at radius 3 is 2.34 bits per heavy atom. The molecule has 3 aliphatic rings. The third-order valence-electron chi connectivity index (χ3n) is 11.4. The molecule has 0 aromatic heterocycles. The number of esters is 1. The van der Waals surface area contributed by atoms with Gasteiger partial charge in [0, 0.05) is 57.6 Å². The van der Waals surface area contributed by atoms with E-state index < -0.39 is 47.7 Å². The van der Waals surface area contributed by atoms with E-state index in [1.807, 2.05) is 61.5 Å². The second kappa shape index (κ2) is 17.6. The van der Waals surface area contributed by atoms with Gasteiger partial charge in [0.25, 0.3) is 5.91 Å². The number of rotatable bonds is 19. The molecule has 2 aromatic carbocycles. The van der Waals surface area contributed by atoms with E-state index in [1.54, 1.807) is 33.9 Å². The summed E-state index contributed by atoms with van der Waals surface area (Å²) in [5.41, 5.74) is 1.20. The maximum Gasteiger partial charge on any atom is 0.313 e. The maximum atomic E-state index is 14.9. The van der Waals surface area contributed by atoms with Crippen molar-refractivity contribution in [2.75, 3.05) is 49.6 Å². The predicted octanol–water partition coefficient (Wildman–Crippen LogP) is 5.30. The number of ether oxygens (including phenoxy) is 2. The molecule has 5 rings (SSSR count). The second-order valence-electron chi connectivity index (χ2n) is 14.3. The molecule has 286 valence electrons. The number of amides is 3. The first kappa shape index (κ1) is 39.7. The quantitative estimate of drug-likeness (QED) is 0.118. The number of benzene rings is 2. The van der Waals surface area contributed by atoms with Crippen LogP contribution in [0.3, 0.4) is 0 Å². The smallest absolute Gasteiger partial charge is 0.313 e. The number of aliphatic hydroxyl groups excluding tert-OH is 1. The van der Waals surface area contributed by atoms with Gasteiger partial charge in [0.2, 0.25) is 11.8 Å². The summed E-state index contributed by atoms with van der Waals surface area (Å²) in [7, 11) is 1.70. The van der Waals surface area contributed by atoms with Gasteiger partial charge in [0.05, 0.1) is 24.0 Å². The summed E-state index contributed by atoms with van der Waals surface area (Å²) in [6, 6.07) is 15.6. The maximum absolute atomic E-state index is 14.9. The van der Waals surface area contributed by atoms with Gasteiger partial charge in [-0.25, -0.2) is 0 Å². The van der Waals surface area contributed by atoms with Crippen molar-refractivity contribution in [2.24, 2.45) is 11.8 Å². The van der Waals surface area contributed by atoms with E-state index in [-0.39, 0.29) is 43.8 Å². The summed E-state index contributed by atoms with van der Waals surface area (Å²) in [4.78, 5) is 64.1. The molecule has 0 aliphatic carbocycles. The van der Waals surface area contributed by atoms with Crippen molar-refractivity contribution in [1.29, 1.82) is 0 Å². The number of hydrogen-bond acceptors (Lipinski definition) is 8. The molecule has 3 heterocycles. The molecule has 3 saturated heterocycles. The Morgan fingerprint density at radius 2 is 1.72 bits per heavy atom. The molecule has 11 heteroatoms. The van der Waals surface area contributed by atoms with Crippen molar-refractivity contribution in [1.82, 2.24) is 9.80 Å². The van der Waals surface area contributed by atoms with E-state index in [0.29, 0.717) is 37.8 Å². The molecule has 2 bridgehead atoms. The van der Waals surface area contributed by atoms with Crippen LogP contribution in [0, 0.1) is 11.8 Å². The van der Waals surface area contributed by atoms with E-state index in [9.17, 15) is 24.3 Å². The van der Waals surface area contributed by atoms with Gasteiger partial charge in [0.1, 0.15) is 17.7 Å². The topological polar surface area (TPSA) is 120 Å². The van der Waals surface area contributed by atoms with Crippen LogP contribution in [-0.2, 0) is 28.7 Å². The van der Waals surface area contributed by atoms with E-state index in [1.165, 1.54) is 0 Å². The number of allylic oxidation sites excluding steroid dienone is 1. The van der Waals surface area contributed by atoms with Crippen molar-refractivity contribution in [2.45, 2.75) is 89.2 Å². The van der Waals surface area contributed by atoms with Crippen LogP contribution in [0.25, 0.3) is 0 Å². The van der Waals surface area contributed by atoms with Crippen LogP contribution in [0.4, 0.5) is 11.4 Å². The Hall–Kier alpha value is -4.48. The van der Waals surface area contributed by atoms with Crippen LogP contribution in [0.2, 0.25) is 0 Å². The van der Waals surface area contributed by atoms with Gasteiger partial charge < -0.3 is 34.2 Å². The van der Waals surface area contributed by atoms with E-state index in [2.05, 4.69) is 31.9 Å². The Labute approximate surface area is 314 Å². The number of carbonyl (C=O) groups excluding carboxylic acids is 4. The van der Waals surface area contributed by atoms with Crippen LogP contribution in [0.15, 0.2) is 79.9 Å². The van der Waals surface area contributed by atoms with Crippen molar-refractivity contribution in [3.63, 3.8) is 0 Å². The van der Waals surface area contributed by atoms with Crippen LogP contribution in [-0.4, -0.2) is 102 Å². The molecule has 0 radical (unpaired) electrons. The molecule has 11 nitrogen and oxygen atoms in total. The number of likely N-dealkylation sites (N-methyl/N-ethyl adjacent to an activating group) is 1. The summed E-state index contributed by atoms with van der Waals surface area (Å²) in [5.74, 6) is -3.16. The molecule has 3 aliphatic heterocycles. The van der Waals surface area contributed by atoms with Gasteiger partial charge in [-0.15, -0.1) is 13.2 Å². The van der Waals surface area contributed by atoms with Crippen LogP contribution in [0.5, 0.6) is 0 Å². The average Bonchev–Trinajstić information content (AvgIpc) is 3.82. The molecular weight excluding hydrogens is 672 g/mol. The van der Waals surface area contributed by atoms with Gasteiger partial charge in [-0.2, -0.15) is 0 Å². The number of unbranched alkanes of at least 4 members (excludes halogenated alkanes) is 1. The molecule has 53 heavy (non-hydrogen) atoms. The van der Waals surface area contributed by atoms with Gasteiger partial charge in [-0.3, -0.25) is 19.2 Å². The average molecular weight is 729 g/mol. The SMILES string of the molecule is C=CCCC(=O)N(C)[C@@H](C)[C@@H](OC(=O)[C@@H]1[C@H]2C(=O)N(CCCCO)[C@H](C(=O)N(CC=C)c3ccc(N(CC)CC)cc3)[C@]23CC[C@H]1O3)c1ccccc1. The summed E-state index contributed by atoms with van der Waals surface area (Å²) < 4.78 is 13.1. The van der Waals surface area contributed by atoms with E-state index in [4.69, 9.17) is 9.47 Å². The minimum absolute atomic E-state index is 0.0478. The third kappa shape index (κ3) is 7.78. The highest BCUT2D eigenvalue weighted by atomic mass is 16.6. The lowest BCUT2D eigenvalue weighted by atomic mass is 9.70. The molecular formula is C42H56N4O7. The van der Waals surface area contributed by atoms with Crippen LogP contribution < -0.4 is 9.80 Å². The highest BCUT2D eigenvalue weighted by Crippen LogP contribution is 2.59. The fourth-order valence-electron chi connectivity index (χ4n) is 8.49. The molecule has 2 aromatic rings. The third-order valence-corrected chi connectivity index (χ3v) is 11.4. The van der Waals surface area contributed by atoms with E-state index >= 15 is 0 Å². The van der Waals surface area contributed by atoms with E-state index in [0.717, 1.165) is 24.3 Å². The lowest BCUT2D eigenvalue weighted by Gasteiger charge is -2.37. The predicted molar refractivity (Wildman–Crippen MR) is 205 cm³/mol. The zero-order valence-electron chi connectivity index (χ0n) is 31.7. The number of nitrogens with zero attached hydrogens (tertiary/aromatic N) is 4. The lowest BCUT2D eigenvalue weighted by molar-refractivity contribution is -0.164. The molecule has 0 unspecified atom stereocenters. The minimum Gasteiger partial charge on any atom is -0.455 e. The van der Waals surface area contributed by atoms with Crippen molar-refractivity contribution < 1.29 is 33.8 Å². The highest BCUT2D eigenvalue weighted by Gasteiger charge is 2.75. The Kier molecular flexibility index (Phi) is 13.2. The number of anilines is 2. The Bertz CT molecular complexity index is 1610. The first-order chi connectivity index (χ1) is 25.6. The molecule has 1 N–H and O–H groups in total. The molecule has 0 saturated carbocycles. The van der Waals surface area contributed by atoms with Crippen LogP contribution >= 0.6 is 0 Å². The fourth-order valence-corrected chi connectivity index (χ4v) is 8.49. The van der Waals surface area contributed by atoms with Gasteiger partial charge >= 0.3 is 5.97 Å². The van der Waals surface area contributed by atoms with Crippen LogP contribution in [0.1, 0.15) is 71.0 Å². The van der Waals surface area contributed by atoms with Gasteiger partial charge in [0.15, 0.2) is 0 Å². The zero-order chi connectivity index (χ0) is 38.3. The zero-order valence-corrected chi connectivity index (χ0v) is 31.7. The standard InChI is InChI=1S/C42H56N4O7/c1-7-11-19-34(48)43(6)29(5)37(30-17-13-12-14-18-30)52-41(51)35-33-24-25-42(53-33)36(35)39(49)46(27-15-16-28-47)38(42)40(50)45(26-8-2)32-22-20-31(21-23-32)44(9-3)10-4/h7-8,12-14,17-18,20-23,29,33,35-38,47H,1-2,9-11,15-16,19,24-28H2,3-6H3/t29-,33+,35-,36-,37+,38+,42-/m0/s1. The normalized spacial score (nSPS) is 23.9. The summed E-state index contributed by atoms with van der Waals surface area (Å²) in [6.07, 6.45) is 4.61. The first-order valence-corrected chi connectivity index (χ1v) is 19.1. The Morgan fingerprint density at radius 1 is 1.04 bits per heavy atom. The molecule has 7 atom stereocenters. The summed E-state index contributed by atoms with van der Waals surface area (Å²) in [5, 5.41) is 9.60. The summed E-state index contributed by atoms with van der Waals surface area (Å²) >= 11 is 0. The monoisotopic (exact) mass is 728 g/mol. The van der Waals surface area contributed by atoms with Gasteiger partial charge in [-0.05, 0) is 82.7 Å². The van der Waals surface area contributed by atoms with Gasteiger partial charge in [-0.1, -0.05) is 42.5 Å². The number of aliphatic hydroxyl groups is 1. The molecule has 1 spiro atoms. The lowest BCUT2D eigenvalue weighted by Crippen LogP contribution is -2.56. The van der Waals surface area contributed by atoms with Crippen molar-refractivity contribution in [3.05, 3.63) is 85.5 Å². The largest absolute Gasteiger partial charge is 0.455 e. The fraction of sp³-hybridized carbons (Fsp3) is 0.524. The second-order valence-corrected chi connectivity index (χ2v) is 14.3. The van der Waals surface area contributed by atoms with Crippen molar-refractivity contribution in [3.8, 4) is 0 Å². The highest BCUT2D eigenvalue weighted by molar-refractivity contribution is 6.04. The van der Waals surface area contributed by atoms with Crippen molar-refractivity contribution >= 4 is 35.1 Å². The minimum atomic E-state index is -1.23. The number of likely N-dealkylation sites (tertiary alicyclic amines) is 1. The molecule has 3 amide bonds. The summed E-state index contributed by atoms with van der Waals surface area (Å²) in [6.45, 7) is 15.8. The molecule has 3 fully saturated rings. The first-order valence-electron chi connectivity index (χ1n) is 19.1.